The van der Waals surface area contributed by atoms with Crippen LogP contribution in [0.3, 0.4) is 0 Å². The molecule has 0 aromatic heterocycles. The van der Waals surface area contributed by atoms with Crippen molar-refractivity contribution in [2.45, 2.75) is 11.3 Å². The molecule has 1 heterocycles. The lowest BCUT2D eigenvalue weighted by Gasteiger charge is -2.23. The fourth-order valence-electron chi connectivity index (χ4n) is 0.314. The summed E-state index contributed by atoms with van der Waals surface area (Å²) in [6.07, 6.45) is 0. The van der Waals surface area contributed by atoms with Crippen LogP contribution in [0.1, 0.15) is 0 Å². The first-order valence-electron chi connectivity index (χ1n) is 1.79. The van der Waals surface area contributed by atoms with Crippen molar-refractivity contribution >= 4 is 38.4 Å². The molecule has 34 valence electrons. The van der Waals surface area contributed by atoms with E-state index in [0.717, 1.165) is 20.9 Å². The van der Waals surface area contributed by atoms with Crippen LogP contribution in [-0.2, 0) is 0 Å². The Morgan fingerprint density at radius 2 is 1.67 bits per heavy atom. The fraction of sp³-hybridized carbons (Fsp3) is 1.00. The van der Waals surface area contributed by atoms with Crippen LogP contribution in [0.2, 0.25) is 11.3 Å². The van der Waals surface area contributed by atoms with Crippen LogP contribution in [0.5, 0.6) is 0 Å². The summed E-state index contributed by atoms with van der Waals surface area (Å²) in [5.41, 5.74) is 2.30. The largest absolute Gasteiger partial charge is 0.245 e. The second kappa shape index (κ2) is 1.51. The number of hydrogen-bond donors (Lipinski definition) is 0. The third-order valence-electron chi connectivity index (χ3n) is 0.767. The van der Waals surface area contributed by atoms with Crippen molar-refractivity contribution in [1.29, 1.82) is 0 Å². The molecule has 0 saturated carbocycles. The number of hydrogen-bond acceptors (Lipinski definition) is 0. The molecule has 0 unspecified atom stereocenters. The molecule has 0 nitrogen and oxygen atoms in total. The highest BCUT2D eigenvalue weighted by molar-refractivity contribution is 7.51. The number of rotatable bonds is 0. The summed E-state index contributed by atoms with van der Waals surface area (Å²) in [7, 11) is 1.07. The van der Waals surface area contributed by atoms with Crippen molar-refractivity contribution in [3.8, 4) is 0 Å². The monoisotopic (exact) mass is 154 g/mol. The van der Waals surface area contributed by atoms with E-state index in [9.17, 15) is 0 Å². The molecule has 1 aliphatic rings. The van der Waals surface area contributed by atoms with Gasteiger partial charge in [-0.2, -0.15) is 0 Å². The highest BCUT2D eigenvalue weighted by Gasteiger charge is 2.36. The van der Waals surface area contributed by atoms with Crippen LogP contribution in [0.4, 0.5) is 0 Å². The van der Waals surface area contributed by atoms with E-state index < -0.39 is 6.69 Å². The molecule has 0 aromatic carbocycles. The average Bonchev–Trinajstić information content (AvgIpc) is 1.32. The van der Waals surface area contributed by atoms with Crippen molar-refractivity contribution in [2.24, 2.45) is 0 Å². The van der Waals surface area contributed by atoms with Crippen LogP contribution < -0.4 is 0 Å². The van der Waals surface area contributed by atoms with Gasteiger partial charge in [-0.05, 0) is 11.3 Å². The molecular weight excluding hydrogens is 151 g/mol. The SMILES string of the molecule is Cl[Si]1(Cl)C[Si]C1. The summed E-state index contributed by atoms with van der Waals surface area (Å²) in [6, 6.07) is 0. The fourth-order valence-corrected chi connectivity index (χ4v) is 6.23. The third-order valence-corrected chi connectivity index (χ3v) is 11.7. The van der Waals surface area contributed by atoms with Crippen molar-refractivity contribution < 1.29 is 0 Å². The van der Waals surface area contributed by atoms with Gasteiger partial charge in [-0.1, -0.05) is 0 Å². The maximum atomic E-state index is 5.72. The quantitative estimate of drug-likeness (QED) is 0.367. The van der Waals surface area contributed by atoms with Crippen LogP contribution in [0, 0.1) is 0 Å². The Hall–Kier alpha value is 1.01. The molecular formula is C2H4Cl2Si2. The summed E-state index contributed by atoms with van der Waals surface area (Å²) in [5, 5.41) is 0. The van der Waals surface area contributed by atoms with Gasteiger partial charge in [0.05, 0.1) is 0 Å². The van der Waals surface area contributed by atoms with Crippen molar-refractivity contribution in [2.75, 3.05) is 0 Å². The minimum absolute atomic E-state index is 1.07. The Balaban J connectivity index is 2.31. The van der Waals surface area contributed by atoms with E-state index in [1.807, 2.05) is 0 Å². The van der Waals surface area contributed by atoms with Crippen molar-refractivity contribution in [1.82, 2.24) is 0 Å². The van der Waals surface area contributed by atoms with Gasteiger partial charge in [-0.15, -0.1) is 22.2 Å². The lowest BCUT2D eigenvalue weighted by Crippen LogP contribution is -2.34. The molecule has 1 rings (SSSR count). The van der Waals surface area contributed by atoms with E-state index in [2.05, 4.69) is 0 Å². The minimum atomic E-state index is -1.49. The molecule has 0 N–H and O–H groups in total. The predicted octanol–water partition coefficient (Wildman–Crippen LogP) is 1.54. The molecule has 0 amide bonds. The summed E-state index contributed by atoms with van der Waals surface area (Å²) < 4.78 is 0. The van der Waals surface area contributed by atoms with Gasteiger partial charge < -0.3 is 0 Å². The standard InChI is InChI=1S/C2H4Cl2Si2/c3-6(4)1-5-2-6/h1-2H2. The van der Waals surface area contributed by atoms with Crippen molar-refractivity contribution in [3.63, 3.8) is 0 Å². The van der Waals surface area contributed by atoms with E-state index >= 15 is 0 Å². The van der Waals surface area contributed by atoms with Crippen molar-refractivity contribution in [3.05, 3.63) is 0 Å². The predicted molar refractivity (Wildman–Crippen MR) is 32.8 cm³/mol. The van der Waals surface area contributed by atoms with Gasteiger partial charge in [0.15, 0.2) is 0 Å². The van der Waals surface area contributed by atoms with E-state index in [0.29, 0.717) is 0 Å². The second-order valence-electron chi connectivity index (χ2n) is 1.46. The van der Waals surface area contributed by atoms with Gasteiger partial charge in [0.25, 0.3) is 0 Å². The average molecular weight is 155 g/mol. The first-order chi connectivity index (χ1) is 2.71. The van der Waals surface area contributed by atoms with Gasteiger partial charge in [0.1, 0.15) is 0 Å². The van der Waals surface area contributed by atoms with Gasteiger partial charge in [-0.25, -0.2) is 0 Å². The molecule has 1 fully saturated rings. The summed E-state index contributed by atoms with van der Waals surface area (Å²) >= 11 is 11.4. The lowest BCUT2D eigenvalue weighted by molar-refractivity contribution is 1.65. The normalized spacial score (nSPS) is 29.0. The minimum Gasteiger partial charge on any atom is -0.146 e. The Bertz CT molecular complexity index is 56.6. The van der Waals surface area contributed by atoms with E-state index in [4.69, 9.17) is 22.2 Å². The Labute approximate surface area is 50.1 Å². The highest BCUT2D eigenvalue weighted by Crippen LogP contribution is 2.32. The van der Waals surface area contributed by atoms with E-state index in [-0.39, 0.29) is 0 Å². The van der Waals surface area contributed by atoms with Gasteiger partial charge in [0.2, 0.25) is 6.69 Å². The topological polar surface area (TPSA) is 0 Å². The summed E-state index contributed by atoms with van der Waals surface area (Å²) in [5.74, 6) is 0. The number of halogens is 2. The van der Waals surface area contributed by atoms with Gasteiger partial charge in [0, 0.05) is 9.52 Å². The zero-order valence-corrected chi connectivity index (χ0v) is 6.68. The summed E-state index contributed by atoms with van der Waals surface area (Å²) in [6.45, 7) is -1.49. The molecule has 1 saturated heterocycles. The zero-order valence-electron chi connectivity index (χ0n) is 3.17. The van der Waals surface area contributed by atoms with Gasteiger partial charge >= 0.3 is 0 Å². The molecule has 4 heteroatoms. The smallest absolute Gasteiger partial charge is 0.146 e. The van der Waals surface area contributed by atoms with Gasteiger partial charge in [-0.3, -0.25) is 0 Å². The van der Waals surface area contributed by atoms with Crippen LogP contribution >= 0.6 is 22.2 Å². The molecule has 0 aliphatic carbocycles. The molecule has 0 aromatic rings. The van der Waals surface area contributed by atoms with Crippen LogP contribution in [0.15, 0.2) is 0 Å². The van der Waals surface area contributed by atoms with E-state index in [1.165, 1.54) is 0 Å². The Morgan fingerprint density at radius 1 is 1.33 bits per heavy atom. The maximum Gasteiger partial charge on any atom is 0.245 e. The molecule has 0 bridgehead atoms. The zero-order chi connectivity index (χ0) is 4.62. The Morgan fingerprint density at radius 3 is 1.67 bits per heavy atom. The van der Waals surface area contributed by atoms with Crippen LogP contribution in [0.25, 0.3) is 0 Å². The molecule has 0 atom stereocenters. The first kappa shape index (κ1) is 5.16. The van der Waals surface area contributed by atoms with Crippen LogP contribution in [-0.4, -0.2) is 16.2 Å². The summed E-state index contributed by atoms with van der Waals surface area (Å²) in [4.78, 5) is 0. The molecule has 2 radical (unpaired) electrons. The molecule has 6 heavy (non-hydrogen) atoms. The maximum absolute atomic E-state index is 5.72. The van der Waals surface area contributed by atoms with E-state index in [1.54, 1.807) is 0 Å². The molecule has 1 aliphatic heterocycles. The first-order valence-corrected chi connectivity index (χ1v) is 7.64. The third kappa shape index (κ3) is 0.994. The Kier molecular flexibility index (Phi) is 1.30. The second-order valence-corrected chi connectivity index (χ2v) is 11.4. The molecule has 0 spiro atoms. The lowest BCUT2D eigenvalue weighted by atomic mass is 11.8. The highest BCUT2D eigenvalue weighted by atomic mass is 35.7.